The van der Waals surface area contributed by atoms with E-state index in [1.165, 1.54) is 6.42 Å². The SMILES string of the molecule is Cc1ccc(C)c(NC(=O)CN2CCCC(C)C2CN)c1.Cl. The van der Waals surface area contributed by atoms with Crippen molar-refractivity contribution in [2.24, 2.45) is 11.7 Å². The maximum Gasteiger partial charge on any atom is 0.238 e. The standard InChI is InChI=1S/C17H27N3O.ClH/c1-12-6-7-13(2)15(9-12)19-17(21)11-20-8-4-5-14(3)16(20)10-18;/h6-7,9,14,16H,4-5,8,10-11,18H2,1-3H3,(H,19,21);1H. The van der Waals surface area contributed by atoms with Crippen LogP contribution in [0.4, 0.5) is 5.69 Å². The maximum absolute atomic E-state index is 12.3. The van der Waals surface area contributed by atoms with Crippen LogP contribution in [0, 0.1) is 19.8 Å². The van der Waals surface area contributed by atoms with E-state index >= 15 is 0 Å². The van der Waals surface area contributed by atoms with Crippen LogP contribution in [0.3, 0.4) is 0 Å². The Kier molecular flexibility index (Phi) is 7.33. The van der Waals surface area contributed by atoms with E-state index in [4.69, 9.17) is 5.73 Å². The Balaban J connectivity index is 0.00000242. The number of piperidine rings is 1. The molecule has 1 aromatic carbocycles. The third kappa shape index (κ3) is 4.70. The number of carbonyl (C=O) groups is 1. The fourth-order valence-electron chi connectivity index (χ4n) is 3.16. The number of hydrogen-bond acceptors (Lipinski definition) is 3. The zero-order chi connectivity index (χ0) is 15.4. The van der Waals surface area contributed by atoms with Gasteiger partial charge in [0.1, 0.15) is 0 Å². The Morgan fingerprint density at radius 2 is 2.14 bits per heavy atom. The molecular weight excluding hydrogens is 298 g/mol. The minimum Gasteiger partial charge on any atom is -0.329 e. The third-order valence-corrected chi connectivity index (χ3v) is 4.49. The van der Waals surface area contributed by atoms with Crippen LogP contribution < -0.4 is 11.1 Å². The van der Waals surface area contributed by atoms with Crippen molar-refractivity contribution >= 4 is 24.0 Å². The van der Waals surface area contributed by atoms with Crippen molar-refractivity contribution in [2.75, 3.05) is 25.0 Å². The number of likely N-dealkylation sites (tertiary alicyclic amines) is 1. The van der Waals surface area contributed by atoms with Crippen LogP contribution in [0.5, 0.6) is 0 Å². The lowest BCUT2D eigenvalue weighted by Gasteiger charge is -2.38. The summed E-state index contributed by atoms with van der Waals surface area (Å²) in [7, 11) is 0. The summed E-state index contributed by atoms with van der Waals surface area (Å²) in [5.41, 5.74) is 9.04. The highest BCUT2D eigenvalue weighted by atomic mass is 35.5. The van der Waals surface area contributed by atoms with Gasteiger partial charge in [-0.25, -0.2) is 0 Å². The van der Waals surface area contributed by atoms with E-state index in [2.05, 4.69) is 23.2 Å². The second-order valence-corrected chi connectivity index (χ2v) is 6.26. The third-order valence-electron chi connectivity index (χ3n) is 4.49. The molecule has 1 aliphatic heterocycles. The van der Waals surface area contributed by atoms with E-state index in [0.717, 1.165) is 29.8 Å². The predicted molar refractivity (Wildman–Crippen MR) is 94.6 cm³/mol. The lowest BCUT2D eigenvalue weighted by atomic mass is 9.91. The van der Waals surface area contributed by atoms with Crippen LogP contribution in [-0.2, 0) is 4.79 Å². The molecule has 2 atom stereocenters. The first-order valence-corrected chi connectivity index (χ1v) is 7.82. The Bertz CT molecular complexity index is 507. The second kappa shape index (κ2) is 8.51. The van der Waals surface area contributed by atoms with Gasteiger partial charge in [0.2, 0.25) is 5.91 Å². The minimum atomic E-state index is 0. The largest absolute Gasteiger partial charge is 0.329 e. The maximum atomic E-state index is 12.3. The van der Waals surface area contributed by atoms with E-state index in [9.17, 15) is 4.79 Å². The number of amides is 1. The summed E-state index contributed by atoms with van der Waals surface area (Å²) in [6.45, 7) is 8.29. The van der Waals surface area contributed by atoms with Gasteiger partial charge in [0.15, 0.2) is 0 Å². The molecule has 1 saturated heterocycles. The number of rotatable bonds is 4. The fourth-order valence-corrected chi connectivity index (χ4v) is 3.16. The van der Waals surface area contributed by atoms with Crippen molar-refractivity contribution in [2.45, 2.75) is 39.7 Å². The molecule has 2 rings (SSSR count). The highest BCUT2D eigenvalue weighted by Crippen LogP contribution is 2.22. The van der Waals surface area contributed by atoms with Gasteiger partial charge in [-0.2, -0.15) is 0 Å². The molecule has 0 spiro atoms. The number of halogens is 1. The van der Waals surface area contributed by atoms with Gasteiger partial charge in [0.25, 0.3) is 0 Å². The van der Waals surface area contributed by atoms with Crippen molar-refractivity contribution in [3.05, 3.63) is 29.3 Å². The van der Waals surface area contributed by atoms with Crippen LogP contribution in [0.25, 0.3) is 0 Å². The summed E-state index contributed by atoms with van der Waals surface area (Å²) in [6, 6.07) is 6.44. The monoisotopic (exact) mass is 325 g/mol. The second-order valence-electron chi connectivity index (χ2n) is 6.26. The van der Waals surface area contributed by atoms with E-state index < -0.39 is 0 Å². The molecule has 0 radical (unpaired) electrons. The lowest BCUT2D eigenvalue weighted by molar-refractivity contribution is -0.118. The molecule has 4 nitrogen and oxygen atoms in total. The zero-order valence-electron chi connectivity index (χ0n) is 13.8. The van der Waals surface area contributed by atoms with Crippen LogP contribution in [0.2, 0.25) is 0 Å². The van der Waals surface area contributed by atoms with Gasteiger partial charge in [-0.15, -0.1) is 12.4 Å². The summed E-state index contributed by atoms with van der Waals surface area (Å²) in [5, 5.41) is 3.04. The molecule has 0 aromatic heterocycles. The Morgan fingerprint density at radius 1 is 1.41 bits per heavy atom. The number of carbonyl (C=O) groups excluding carboxylic acids is 1. The summed E-state index contributed by atoms with van der Waals surface area (Å²) in [4.78, 5) is 14.5. The molecule has 2 unspecified atom stereocenters. The summed E-state index contributed by atoms with van der Waals surface area (Å²) in [5.74, 6) is 0.619. The van der Waals surface area contributed by atoms with Gasteiger partial charge in [-0.3, -0.25) is 9.69 Å². The molecular formula is C17H28ClN3O. The Morgan fingerprint density at radius 3 is 2.82 bits per heavy atom. The number of nitrogens with one attached hydrogen (secondary N) is 1. The van der Waals surface area contributed by atoms with Crippen LogP contribution in [0.1, 0.15) is 30.9 Å². The number of aryl methyl sites for hydroxylation is 2. The normalized spacial score (nSPS) is 22.0. The highest BCUT2D eigenvalue weighted by molar-refractivity contribution is 5.93. The molecule has 0 saturated carbocycles. The lowest BCUT2D eigenvalue weighted by Crippen LogP contribution is -2.51. The molecule has 1 heterocycles. The molecule has 22 heavy (non-hydrogen) atoms. The molecule has 1 amide bonds. The number of benzene rings is 1. The molecule has 0 bridgehead atoms. The van der Waals surface area contributed by atoms with Crippen LogP contribution >= 0.6 is 12.4 Å². The fraction of sp³-hybridized carbons (Fsp3) is 0.588. The average Bonchev–Trinajstić information content (AvgIpc) is 2.43. The van der Waals surface area contributed by atoms with Gasteiger partial charge < -0.3 is 11.1 Å². The molecule has 124 valence electrons. The Labute approximate surface area is 139 Å². The summed E-state index contributed by atoms with van der Waals surface area (Å²) >= 11 is 0. The quantitative estimate of drug-likeness (QED) is 0.895. The van der Waals surface area contributed by atoms with Crippen molar-refractivity contribution in [3.8, 4) is 0 Å². The van der Waals surface area contributed by atoms with E-state index in [0.29, 0.717) is 25.0 Å². The predicted octanol–water partition coefficient (Wildman–Crippen LogP) is 2.72. The van der Waals surface area contributed by atoms with Crippen LogP contribution in [-0.4, -0.2) is 36.5 Å². The van der Waals surface area contributed by atoms with Crippen LogP contribution in [0.15, 0.2) is 18.2 Å². The number of anilines is 1. The first kappa shape index (κ1) is 18.9. The molecule has 0 aliphatic carbocycles. The first-order chi connectivity index (χ1) is 10.0. The van der Waals surface area contributed by atoms with Gasteiger partial charge in [-0.05, 0) is 56.3 Å². The van der Waals surface area contributed by atoms with Gasteiger partial charge in [-0.1, -0.05) is 19.1 Å². The molecule has 1 aliphatic rings. The molecule has 5 heteroatoms. The summed E-state index contributed by atoms with van der Waals surface area (Å²) in [6.07, 6.45) is 2.35. The van der Waals surface area contributed by atoms with E-state index in [1.54, 1.807) is 0 Å². The van der Waals surface area contributed by atoms with E-state index in [1.807, 2.05) is 26.0 Å². The number of hydrogen-bond donors (Lipinski definition) is 2. The average molecular weight is 326 g/mol. The highest BCUT2D eigenvalue weighted by Gasteiger charge is 2.28. The van der Waals surface area contributed by atoms with Gasteiger partial charge in [0.05, 0.1) is 6.54 Å². The zero-order valence-corrected chi connectivity index (χ0v) is 14.6. The molecule has 1 fully saturated rings. The Hall–Kier alpha value is -1.10. The van der Waals surface area contributed by atoms with Crippen molar-refractivity contribution in [1.29, 1.82) is 0 Å². The van der Waals surface area contributed by atoms with Gasteiger partial charge in [0, 0.05) is 18.3 Å². The molecule has 1 aromatic rings. The van der Waals surface area contributed by atoms with Gasteiger partial charge >= 0.3 is 0 Å². The van der Waals surface area contributed by atoms with E-state index in [-0.39, 0.29) is 18.3 Å². The van der Waals surface area contributed by atoms with Crippen molar-refractivity contribution < 1.29 is 4.79 Å². The first-order valence-electron chi connectivity index (χ1n) is 7.82. The van der Waals surface area contributed by atoms with Crippen molar-refractivity contribution in [1.82, 2.24) is 4.90 Å². The van der Waals surface area contributed by atoms with Crippen molar-refractivity contribution in [3.63, 3.8) is 0 Å². The topological polar surface area (TPSA) is 58.4 Å². The number of nitrogens with zero attached hydrogens (tertiary/aromatic N) is 1. The smallest absolute Gasteiger partial charge is 0.238 e. The molecule has 3 N–H and O–H groups in total. The number of nitrogens with two attached hydrogens (primary N) is 1. The summed E-state index contributed by atoms with van der Waals surface area (Å²) < 4.78 is 0. The minimum absolute atomic E-state index is 0.